The van der Waals surface area contributed by atoms with Gasteiger partial charge in [-0.2, -0.15) is 5.10 Å². The minimum atomic E-state index is -0.246. The summed E-state index contributed by atoms with van der Waals surface area (Å²) in [5.41, 5.74) is 7.27. The van der Waals surface area contributed by atoms with Crippen LogP contribution in [0.1, 0.15) is 16.7 Å². The number of hydrazone groups is 1. The molecule has 4 heteroatoms. The van der Waals surface area contributed by atoms with Crippen molar-refractivity contribution in [3.8, 4) is 5.75 Å². The zero-order valence-electron chi connectivity index (χ0n) is 12.5. The Morgan fingerprint density at radius 1 is 1.09 bits per heavy atom. The van der Waals surface area contributed by atoms with Crippen LogP contribution in [0.3, 0.4) is 0 Å². The van der Waals surface area contributed by atoms with E-state index in [9.17, 15) is 4.79 Å². The zero-order chi connectivity index (χ0) is 15.4. The normalized spacial score (nSPS) is 12.7. The molecule has 0 heterocycles. The number of carbonyl (C=O) groups excluding carboxylic acids is 1. The van der Waals surface area contributed by atoms with Crippen molar-refractivity contribution in [1.82, 2.24) is 5.43 Å². The fourth-order valence-corrected chi connectivity index (χ4v) is 2.44. The second-order valence-electron chi connectivity index (χ2n) is 5.44. The maximum absolute atomic E-state index is 11.8. The maximum Gasteiger partial charge on any atom is 0.277 e. The first-order valence-corrected chi connectivity index (χ1v) is 7.31. The third kappa shape index (κ3) is 3.52. The van der Waals surface area contributed by atoms with Gasteiger partial charge in [-0.15, -0.1) is 0 Å². The van der Waals surface area contributed by atoms with Crippen LogP contribution < -0.4 is 10.2 Å². The van der Waals surface area contributed by atoms with Crippen molar-refractivity contribution in [3.63, 3.8) is 0 Å². The van der Waals surface area contributed by atoms with Gasteiger partial charge in [0.2, 0.25) is 0 Å². The molecule has 0 spiro atoms. The van der Waals surface area contributed by atoms with E-state index >= 15 is 0 Å². The third-order valence-corrected chi connectivity index (χ3v) is 3.64. The van der Waals surface area contributed by atoms with Gasteiger partial charge in [0, 0.05) is 18.6 Å². The molecular formula is C18H18N2O2. The van der Waals surface area contributed by atoms with Gasteiger partial charge < -0.3 is 4.74 Å². The average Bonchev–Trinajstić information content (AvgIpc) is 2.95. The molecule has 0 bridgehead atoms. The Balaban J connectivity index is 1.49. The monoisotopic (exact) mass is 294 g/mol. The second-order valence-corrected chi connectivity index (χ2v) is 5.44. The lowest BCUT2D eigenvalue weighted by molar-refractivity contribution is -0.123. The predicted molar refractivity (Wildman–Crippen MR) is 86.1 cm³/mol. The summed E-state index contributed by atoms with van der Waals surface area (Å²) in [6, 6.07) is 15.8. The number of nitrogens with one attached hydrogen (secondary N) is 1. The van der Waals surface area contributed by atoms with Crippen LogP contribution >= 0.6 is 0 Å². The highest BCUT2D eigenvalue weighted by Gasteiger charge is 2.16. The minimum absolute atomic E-state index is 0.0349. The molecule has 0 aliphatic heterocycles. The van der Waals surface area contributed by atoms with Gasteiger partial charge in [0.25, 0.3) is 5.91 Å². The van der Waals surface area contributed by atoms with Gasteiger partial charge in [-0.25, -0.2) is 5.43 Å². The Labute approximate surface area is 129 Å². The quantitative estimate of drug-likeness (QED) is 0.881. The van der Waals surface area contributed by atoms with E-state index in [2.05, 4.69) is 22.7 Å². The predicted octanol–water partition coefficient (Wildman–Crippen LogP) is 2.64. The standard InChI is InChI=1S/C18H18N2O2/c1-13-6-8-17(9-7-13)22-12-18(21)20-19-16-10-14-4-2-3-5-15(14)11-16/h2-9H,10-12H2,1H3,(H,20,21). The molecule has 1 aliphatic carbocycles. The molecule has 0 saturated heterocycles. The summed E-state index contributed by atoms with van der Waals surface area (Å²) < 4.78 is 5.42. The fourth-order valence-electron chi connectivity index (χ4n) is 2.44. The van der Waals surface area contributed by atoms with Crippen LogP contribution in [0.2, 0.25) is 0 Å². The van der Waals surface area contributed by atoms with Crippen LogP contribution in [-0.2, 0) is 17.6 Å². The van der Waals surface area contributed by atoms with Gasteiger partial charge in [0.15, 0.2) is 6.61 Å². The van der Waals surface area contributed by atoms with E-state index in [1.54, 1.807) is 0 Å². The van der Waals surface area contributed by atoms with E-state index < -0.39 is 0 Å². The SMILES string of the molecule is Cc1ccc(OCC(=O)NN=C2Cc3ccccc3C2)cc1. The molecule has 0 fully saturated rings. The number of carbonyl (C=O) groups is 1. The smallest absolute Gasteiger partial charge is 0.277 e. The van der Waals surface area contributed by atoms with Crippen molar-refractivity contribution in [3.05, 3.63) is 65.2 Å². The molecule has 0 atom stereocenters. The maximum atomic E-state index is 11.8. The lowest BCUT2D eigenvalue weighted by atomic mass is 10.1. The van der Waals surface area contributed by atoms with Gasteiger partial charge in [-0.1, -0.05) is 42.0 Å². The number of aryl methyl sites for hydroxylation is 1. The highest BCUT2D eigenvalue weighted by atomic mass is 16.5. The molecule has 4 nitrogen and oxygen atoms in total. The summed E-state index contributed by atoms with van der Waals surface area (Å²) in [5.74, 6) is 0.436. The zero-order valence-corrected chi connectivity index (χ0v) is 12.5. The Morgan fingerprint density at radius 3 is 2.36 bits per heavy atom. The van der Waals surface area contributed by atoms with E-state index in [0.29, 0.717) is 5.75 Å². The lowest BCUT2D eigenvalue weighted by Crippen LogP contribution is -2.26. The third-order valence-electron chi connectivity index (χ3n) is 3.64. The first-order valence-electron chi connectivity index (χ1n) is 7.31. The summed E-state index contributed by atoms with van der Waals surface area (Å²) >= 11 is 0. The molecule has 1 aliphatic rings. The van der Waals surface area contributed by atoms with Gasteiger partial charge in [-0.3, -0.25) is 4.79 Å². The largest absolute Gasteiger partial charge is 0.484 e. The Bertz CT molecular complexity index is 678. The molecule has 0 radical (unpaired) electrons. The first-order chi connectivity index (χ1) is 10.7. The highest BCUT2D eigenvalue weighted by Crippen LogP contribution is 2.19. The minimum Gasteiger partial charge on any atom is -0.484 e. The molecular weight excluding hydrogens is 276 g/mol. The van der Waals surface area contributed by atoms with Crippen molar-refractivity contribution < 1.29 is 9.53 Å². The van der Waals surface area contributed by atoms with Crippen molar-refractivity contribution >= 4 is 11.6 Å². The number of rotatable bonds is 4. The number of amides is 1. The molecule has 2 aromatic rings. The van der Waals surface area contributed by atoms with Crippen molar-refractivity contribution in [2.75, 3.05) is 6.61 Å². The van der Waals surface area contributed by atoms with Crippen LogP contribution in [0.15, 0.2) is 53.6 Å². The van der Waals surface area contributed by atoms with E-state index in [0.717, 1.165) is 24.1 Å². The molecule has 1 amide bonds. The number of ether oxygens (including phenoxy) is 1. The van der Waals surface area contributed by atoms with Crippen LogP contribution in [-0.4, -0.2) is 18.2 Å². The van der Waals surface area contributed by atoms with Crippen LogP contribution in [0.4, 0.5) is 0 Å². The van der Waals surface area contributed by atoms with E-state index in [1.165, 1.54) is 11.1 Å². The fraction of sp³-hybridized carbons (Fsp3) is 0.222. The van der Waals surface area contributed by atoms with Crippen LogP contribution in [0.5, 0.6) is 5.75 Å². The first kappa shape index (κ1) is 14.3. The molecule has 112 valence electrons. The molecule has 3 rings (SSSR count). The summed E-state index contributed by atoms with van der Waals surface area (Å²) in [7, 11) is 0. The van der Waals surface area contributed by atoms with Gasteiger partial charge in [0.05, 0.1) is 0 Å². The van der Waals surface area contributed by atoms with E-state index in [4.69, 9.17) is 4.74 Å². The topological polar surface area (TPSA) is 50.7 Å². The number of benzene rings is 2. The summed E-state index contributed by atoms with van der Waals surface area (Å²) in [6.07, 6.45) is 1.60. The molecule has 2 aromatic carbocycles. The average molecular weight is 294 g/mol. The molecule has 22 heavy (non-hydrogen) atoms. The number of nitrogens with zero attached hydrogens (tertiary/aromatic N) is 1. The molecule has 0 aromatic heterocycles. The summed E-state index contributed by atoms with van der Waals surface area (Å²) in [4.78, 5) is 11.8. The molecule has 0 unspecified atom stereocenters. The summed E-state index contributed by atoms with van der Waals surface area (Å²) in [6.45, 7) is 1.97. The van der Waals surface area contributed by atoms with Gasteiger partial charge >= 0.3 is 0 Å². The Kier molecular flexibility index (Phi) is 4.19. The highest BCUT2D eigenvalue weighted by molar-refractivity contribution is 5.93. The van der Waals surface area contributed by atoms with Crippen LogP contribution in [0, 0.1) is 6.92 Å². The number of hydrogen-bond acceptors (Lipinski definition) is 3. The van der Waals surface area contributed by atoms with Crippen LogP contribution in [0.25, 0.3) is 0 Å². The number of hydrogen-bond donors (Lipinski definition) is 1. The second kappa shape index (κ2) is 6.43. The van der Waals surface area contributed by atoms with Crippen molar-refractivity contribution in [2.24, 2.45) is 5.10 Å². The van der Waals surface area contributed by atoms with Gasteiger partial charge in [-0.05, 0) is 30.2 Å². The lowest BCUT2D eigenvalue weighted by Gasteiger charge is -2.05. The van der Waals surface area contributed by atoms with Gasteiger partial charge in [0.1, 0.15) is 5.75 Å². The molecule has 1 N–H and O–H groups in total. The Hall–Kier alpha value is -2.62. The van der Waals surface area contributed by atoms with E-state index in [-0.39, 0.29) is 12.5 Å². The van der Waals surface area contributed by atoms with Crippen molar-refractivity contribution in [2.45, 2.75) is 19.8 Å². The summed E-state index contributed by atoms with van der Waals surface area (Å²) in [5, 5.41) is 4.20. The van der Waals surface area contributed by atoms with Crippen molar-refractivity contribution in [1.29, 1.82) is 0 Å². The number of fused-ring (bicyclic) bond motifs is 1. The van der Waals surface area contributed by atoms with E-state index in [1.807, 2.05) is 43.3 Å². The molecule has 0 saturated carbocycles. The Morgan fingerprint density at radius 2 is 1.73 bits per heavy atom.